The van der Waals surface area contributed by atoms with Gasteiger partial charge in [0.2, 0.25) is 5.88 Å². The van der Waals surface area contributed by atoms with Gasteiger partial charge in [0.05, 0.1) is 17.0 Å². The van der Waals surface area contributed by atoms with E-state index in [0.29, 0.717) is 5.56 Å². The Labute approximate surface area is 122 Å². The van der Waals surface area contributed by atoms with Gasteiger partial charge >= 0.3 is 12.3 Å². The van der Waals surface area contributed by atoms with Crippen molar-refractivity contribution in [3.8, 4) is 0 Å². The molecule has 2 unspecified atom stereocenters. The summed E-state index contributed by atoms with van der Waals surface area (Å²) in [6.45, 7) is 0. The van der Waals surface area contributed by atoms with Crippen LogP contribution in [0.1, 0.15) is 17.7 Å². The average Bonchev–Trinajstić information content (AvgIpc) is 3.07. The molecule has 1 aliphatic rings. The Morgan fingerprint density at radius 1 is 1.36 bits per heavy atom. The molecule has 5 nitrogen and oxygen atoms in total. The molecular formula is C14H11F3N2O3. The molecule has 0 bridgehead atoms. The minimum absolute atomic E-state index is 0.0739. The summed E-state index contributed by atoms with van der Waals surface area (Å²) in [5, 5.41) is 14.2. The first-order valence-corrected chi connectivity index (χ1v) is 6.43. The lowest BCUT2D eigenvalue weighted by atomic mass is 9.89. The summed E-state index contributed by atoms with van der Waals surface area (Å²) in [5.41, 5.74) is -0.765. The Bertz CT molecular complexity index is 699. The van der Waals surface area contributed by atoms with Gasteiger partial charge in [-0.15, -0.1) is 0 Å². The SMILES string of the molecule is O=C(O)Nc1cc(C2(c3ccccc3)CC2C(F)(F)F)no1. The maximum absolute atomic E-state index is 13.2. The van der Waals surface area contributed by atoms with E-state index < -0.39 is 23.6 Å². The number of benzene rings is 1. The molecule has 2 N–H and O–H groups in total. The fraction of sp³-hybridized carbons (Fsp3) is 0.286. The van der Waals surface area contributed by atoms with Crippen molar-refractivity contribution in [2.45, 2.75) is 18.0 Å². The first-order valence-electron chi connectivity index (χ1n) is 6.43. The van der Waals surface area contributed by atoms with Crippen LogP contribution < -0.4 is 5.32 Å². The van der Waals surface area contributed by atoms with E-state index in [9.17, 15) is 18.0 Å². The number of rotatable bonds is 3. The van der Waals surface area contributed by atoms with E-state index in [4.69, 9.17) is 9.63 Å². The van der Waals surface area contributed by atoms with Gasteiger partial charge in [-0.05, 0) is 12.0 Å². The Kier molecular flexibility index (Phi) is 3.12. The lowest BCUT2D eigenvalue weighted by Gasteiger charge is -2.16. The van der Waals surface area contributed by atoms with Crippen LogP contribution in [0, 0.1) is 5.92 Å². The van der Waals surface area contributed by atoms with Crippen molar-refractivity contribution >= 4 is 12.0 Å². The third-order valence-electron chi connectivity index (χ3n) is 3.84. The van der Waals surface area contributed by atoms with Gasteiger partial charge in [0.15, 0.2) is 0 Å². The first kappa shape index (κ1) is 14.4. The van der Waals surface area contributed by atoms with E-state index in [1.165, 1.54) is 6.07 Å². The molecular weight excluding hydrogens is 301 g/mol. The number of aromatic nitrogens is 1. The fourth-order valence-corrected chi connectivity index (χ4v) is 2.79. The number of nitrogens with zero attached hydrogens (tertiary/aromatic N) is 1. The number of hydrogen-bond donors (Lipinski definition) is 2. The van der Waals surface area contributed by atoms with Gasteiger partial charge in [-0.2, -0.15) is 13.2 Å². The van der Waals surface area contributed by atoms with Crippen LogP contribution in [0.25, 0.3) is 0 Å². The Morgan fingerprint density at radius 2 is 2.05 bits per heavy atom. The Morgan fingerprint density at radius 3 is 2.59 bits per heavy atom. The summed E-state index contributed by atoms with van der Waals surface area (Å²) in [6.07, 6.45) is -5.88. The minimum atomic E-state index is -4.37. The van der Waals surface area contributed by atoms with Crippen LogP contribution in [0.4, 0.5) is 23.8 Å². The van der Waals surface area contributed by atoms with E-state index in [1.54, 1.807) is 30.3 Å². The van der Waals surface area contributed by atoms with Crippen LogP contribution in [-0.2, 0) is 5.41 Å². The van der Waals surface area contributed by atoms with Gasteiger partial charge in [-0.25, -0.2) is 4.79 Å². The number of nitrogens with one attached hydrogen (secondary N) is 1. The summed E-state index contributed by atoms with van der Waals surface area (Å²) in [7, 11) is 0. The monoisotopic (exact) mass is 312 g/mol. The molecule has 2 atom stereocenters. The molecule has 22 heavy (non-hydrogen) atoms. The van der Waals surface area contributed by atoms with Crippen molar-refractivity contribution in [2.75, 3.05) is 5.32 Å². The number of carboxylic acid groups (broad SMARTS) is 1. The van der Waals surface area contributed by atoms with Gasteiger partial charge in [0.25, 0.3) is 0 Å². The molecule has 0 radical (unpaired) electrons. The van der Waals surface area contributed by atoms with Crippen molar-refractivity contribution in [1.82, 2.24) is 5.16 Å². The van der Waals surface area contributed by atoms with Crippen LogP contribution in [0.2, 0.25) is 0 Å². The lowest BCUT2D eigenvalue weighted by molar-refractivity contribution is -0.151. The molecule has 2 aromatic rings. The second kappa shape index (κ2) is 4.75. The first-order chi connectivity index (χ1) is 10.3. The summed E-state index contributed by atoms with van der Waals surface area (Å²) in [4.78, 5) is 10.6. The molecule has 1 aliphatic carbocycles. The predicted molar refractivity (Wildman–Crippen MR) is 69.5 cm³/mol. The van der Waals surface area contributed by atoms with Crippen molar-refractivity contribution < 1.29 is 27.6 Å². The molecule has 1 aromatic heterocycles. The molecule has 116 valence electrons. The van der Waals surface area contributed by atoms with Crippen molar-refractivity contribution in [2.24, 2.45) is 5.92 Å². The normalized spacial score (nSPS) is 24.0. The highest BCUT2D eigenvalue weighted by atomic mass is 19.4. The van der Waals surface area contributed by atoms with Crippen molar-refractivity contribution in [3.05, 3.63) is 47.7 Å². The van der Waals surface area contributed by atoms with E-state index in [-0.39, 0.29) is 18.0 Å². The van der Waals surface area contributed by atoms with Gasteiger partial charge in [-0.3, -0.25) is 5.32 Å². The molecule has 8 heteroatoms. The number of anilines is 1. The second-order valence-corrected chi connectivity index (χ2v) is 5.14. The number of carbonyl (C=O) groups is 1. The fourth-order valence-electron chi connectivity index (χ4n) is 2.79. The summed E-state index contributed by atoms with van der Waals surface area (Å²) >= 11 is 0. The number of amides is 1. The lowest BCUT2D eigenvalue weighted by Crippen LogP contribution is -2.22. The van der Waals surface area contributed by atoms with E-state index in [1.807, 2.05) is 5.32 Å². The van der Waals surface area contributed by atoms with Crippen molar-refractivity contribution in [3.63, 3.8) is 0 Å². The highest BCUT2D eigenvalue weighted by Crippen LogP contribution is 2.64. The Hall–Kier alpha value is -2.51. The van der Waals surface area contributed by atoms with Gasteiger partial charge in [0.1, 0.15) is 0 Å². The second-order valence-electron chi connectivity index (χ2n) is 5.14. The molecule has 1 saturated carbocycles. The zero-order valence-electron chi connectivity index (χ0n) is 11.1. The molecule has 1 heterocycles. The molecule has 0 spiro atoms. The average molecular weight is 312 g/mol. The number of alkyl halides is 3. The molecule has 1 amide bonds. The number of hydrogen-bond acceptors (Lipinski definition) is 3. The van der Waals surface area contributed by atoms with E-state index in [0.717, 1.165) is 0 Å². The molecule has 0 aliphatic heterocycles. The van der Waals surface area contributed by atoms with Crippen molar-refractivity contribution in [1.29, 1.82) is 0 Å². The van der Waals surface area contributed by atoms with Crippen LogP contribution in [0.5, 0.6) is 0 Å². The molecule has 1 aromatic carbocycles. The van der Waals surface area contributed by atoms with Crippen LogP contribution in [0.15, 0.2) is 40.9 Å². The summed E-state index contributed by atoms with van der Waals surface area (Å²) < 4.78 is 44.2. The van der Waals surface area contributed by atoms with E-state index in [2.05, 4.69) is 5.16 Å². The van der Waals surface area contributed by atoms with Crippen LogP contribution in [0.3, 0.4) is 0 Å². The third kappa shape index (κ3) is 2.30. The Balaban J connectivity index is 2.01. The molecule has 1 fully saturated rings. The quantitative estimate of drug-likeness (QED) is 0.907. The summed E-state index contributed by atoms with van der Waals surface area (Å²) in [5.74, 6) is -1.77. The number of halogens is 3. The topological polar surface area (TPSA) is 75.4 Å². The maximum atomic E-state index is 13.2. The smallest absolute Gasteiger partial charge is 0.411 e. The highest BCUT2D eigenvalue weighted by Gasteiger charge is 2.69. The van der Waals surface area contributed by atoms with Crippen LogP contribution >= 0.6 is 0 Å². The summed E-state index contributed by atoms with van der Waals surface area (Å²) in [6, 6.07) is 9.42. The van der Waals surface area contributed by atoms with Gasteiger partial charge in [-0.1, -0.05) is 35.5 Å². The third-order valence-corrected chi connectivity index (χ3v) is 3.84. The predicted octanol–water partition coefficient (Wildman–Crippen LogP) is 3.63. The van der Waals surface area contributed by atoms with Gasteiger partial charge < -0.3 is 9.63 Å². The molecule has 0 saturated heterocycles. The zero-order chi connectivity index (χ0) is 16.0. The van der Waals surface area contributed by atoms with Gasteiger partial charge in [0, 0.05) is 6.07 Å². The minimum Gasteiger partial charge on any atom is -0.465 e. The molecule has 3 rings (SSSR count). The zero-order valence-corrected chi connectivity index (χ0v) is 11.1. The van der Waals surface area contributed by atoms with Crippen LogP contribution in [-0.4, -0.2) is 22.5 Å². The van der Waals surface area contributed by atoms with E-state index >= 15 is 0 Å². The largest absolute Gasteiger partial charge is 0.465 e. The standard InChI is InChI=1S/C14H11F3N2O3/c15-14(16,17)9-7-13(9,8-4-2-1-3-5-8)10-6-11(22-19-10)18-12(20)21/h1-6,9,18H,7H2,(H,20,21). The maximum Gasteiger partial charge on any atom is 0.411 e. The highest BCUT2D eigenvalue weighted by molar-refractivity contribution is 5.80.